The Balaban J connectivity index is 3.67. The molecule has 0 aromatic heterocycles. The molecule has 0 aromatic carbocycles. The average molecular weight is 217 g/mol. The van der Waals surface area contributed by atoms with Crippen molar-refractivity contribution in [3.8, 4) is 0 Å². The molecule has 0 radical (unpaired) electrons. The van der Waals surface area contributed by atoms with E-state index in [1.54, 1.807) is 20.8 Å². The van der Waals surface area contributed by atoms with Gasteiger partial charge in [0, 0.05) is 6.42 Å². The minimum atomic E-state index is -0.757. The van der Waals surface area contributed by atoms with Crippen molar-refractivity contribution in [2.45, 2.75) is 52.6 Å². The van der Waals surface area contributed by atoms with Gasteiger partial charge in [0.15, 0.2) is 0 Å². The zero-order valence-electron chi connectivity index (χ0n) is 9.75. The highest BCUT2D eigenvalue weighted by Crippen LogP contribution is 2.06. The van der Waals surface area contributed by atoms with Crippen LogP contribution < -0.4 is 5.48 Å². The van der Waals surface area contributed by atoms with Gasteiger partial charge in [-0.05, 0) is 27.2 Å². The molecule has 0 bridgehead atoms. The fraction of sp³-hybridized carbons (Fsp3) is 0.800. The molecule has 0 rings (SSSR count). The second-order valence-electron chi connectivity index (χ2n) is 4.18. The molecule has 88 valence electrons. The lowest BCUT2D eigenvalue weighted by molar-refractivity contribution is -0.150. The lowest BCUT2D eigenvalue weighted by Gasteiger charge is -2.19. The average Bonchev–Trinajstić information content (AvgIpc) is 2.08. The second kappa shape index (κ2) is 6.27. The zero-order valence-corrected chi connectivity index (χ0v) is 9.75. The van der Waals surface area contributed by atoms with Gasteiger partial charge in [-0.25, -0.2) is 9.59 Å². The number of hydrogen-bond donors (Lipinski definition) is 1. The Labute approximate surface area is 90.1 Å². The molecule has 0 atom stereocenters. The third kappa shape index (κ3) is 9.05. The van der Waals surface area contributed by atoms with E-state index in [9.17, 15) is 9.59 Å². The molecule has 15 heavy (non-hydrogen) atoms. The SMILES string of the molecule is CCCCC(=O)ONC(=O)OC(C)(C)C. The monoisotopic (exact) mass is 217 g/mol. The Morgan fingerprint density at radius 2 is 1.87 bits per heavy atom. The van der Waals surface area contributed by atoms with E-state index >= 15 is 0 Å². The summed E-state index contributed by atoms with van der Waals surface area (Å²) in [5.41, 5.74) is 1.34. The smallest absolute Gasteiger partial charge is 0.441 e. The number of carbonyl (C=O) groups excluding carboxylic acids is 2. The first-order valence-corrected chi connectivity index (χ1v) is 5.04. The van der Waals surface area contributed by atoms with E-state index in [2.05, 4.69) is 4.84 Å². The Morgan fingerprint density at radius 3 is 2.33 bits per heavy atom. The topological polar surface area (TPSA) is 64.6 Å². The van der Waals surface area contributed by atoms with Crippen LogP contribution >= 0.6 is 0 Å². The summed E-state index contributed by atoms with van der Waals surface area (Å²) < 4.78 is 4.87. The molecular formula is C10H19NO4. The van der Waals surface area contributed by atoms with Crippen LogP contribution in [0.3, 0.4) is 0 Å². The number of hydrogen-bond acceptors (Lipinski definition) is 4. The molecule has 0 unspecified atom stereocenters. The summed E-state index contributed by atoms with van der Waals surface area (Å²) in [6.45, 7) is 7.15. The van der Waals surface area contributed by atoms with Crippen molar-refractivity contribution in [3.05, 3.63) is 0 Å². The molecule has 0 saturated carbocycles. The molecule has 1 amide bonds. The fourth-order valence-corrected chi connectivity index (χ4v) is 0.770. The van der Waals surface area contributed by atoms with E-state index < -0.39 is 17.7 Å². The normalized spacial score (nSPS) is 10.7. The van der Waals surface area contributed by atoms with Crippen molar-refractivity contribution < 1.29 is 19.2 Å². The minimum absolute atomic E-state index is 0.298. The molecule has 5 nitrogen and oxygen atoms in total. The van der Waals surface area contributed by atoms with Gasteiger partial charge < -0.3 is 9.57 Å². The van der Waals surface area contributed by atoms with Crippen LogP contribution in [-0.4, -0.2) is 17.7 Å². The van der Waals surface area contributed by atoms with Gasteiger partial charge in [0.05, 0.1) is 0 Å². The number of hydroxylamine groups is 1. The predicted molar refractivity (Wildman–Crippen MR) is 55.0 cm³/mol. The minimum Gasteiger partial charge on any atom is -0.442 e. The van der Waals surface area contributed by atoms with Gasteiger partial charge in [-0.15, -0.1) is 5.48 Å². The summed E-state index contributed by atoms with van der Waals surface area (Å²) in [6, 6.07) is 0. The fourth-order valence-electron chi connectivity index (χ4n) is 0.770. The van der Waals surface area contributed by atoms with Crippen LogP contribution in [0.5, 0.6) is 0 Å². The van der Waals surface area contributed by atoms with Gasteiger partial charge in [0.1, 0.15) is 5.60 Å². The summed E-state index contributed by atoms with van der Waals surface area (Å²) in [5, 5.41) is 0. The molecule has 0 spiro atoms. The van der Waals surface area contributed by atoms with Crippen molar-refractivity contribution in [3.63, 3.8) is 0 Å². The van der Waals surface area contributed by atoms with Gasteiger partial charge >= 0.3 is 12.1 Å². The Hall–Kier alpha value is -1.26. The van der Waals surface area contributed by atoms with Gasteiger partial charge in [-0.2, -0.15) is 0 Å². The number of amides is 1. The van der Waals surface area contributed by atoms with Crippen LogP contribution in [0.15, 0.2) is 0 Å². The van der Waals surface area contributed by atoms with E-state index in [0.717, 1.165) is 12.8 Å². The first-order valence-electron chi connectivity index (χ1n) is 5.04. The maximum atomic E-state index is 11.0. The molecule has 0 aromatic rings. The first kappa shape index (κ1) is 13.7. The third-order valence-electron chi connectivity index (χ3n) is 1.38. The highest BCUT2D eigenvalue weighted by atomic mass is 16.7. The van der Waals surface area contributed by atoms with Gasteiger partial charge in [0.25, 0.3) is 0 Å². The number of rotatable bonds is 3. The molecule has 5 heteroatoms. The quantitative estimate of drug-likeness (QED) is 0.736. The molecule has 0 aliphatic carbocycles. The summed E-state index contributed by atoms with van der Waals surface area (Å²) in [6.07, 6.45) is 1.19. The van der Waals surface area contributed by atoms with Crippen molar-refractivity contribution >= 4 is 12.1 Å². The summed E-state index contributed by atoms with van der Waals surface area (Å²) in [5.74, 6) is -0.456. The van der Waals surface area contributed by atoms with Gasteiger partial charge in [0.2, 0.25) is 0 Å². The molecule has 0 heterocycles. The van der Waals surface area contributed by atoms with Crippen LogP contribution in [0.25, 0.3) is 0 Å². The molecule has 0 aliphatic heterocycles. The predicted octanol–water partition coefficient (Wildman–Crippen LogP) is 2.16. The Kier molecular flexibility index (Phi) is 5.74. The molecule has 0 aliphatic rings. The van der Waals surface area contributed by atoms with Gasteiger partial charge in [-0.3, -0.25) is 0 Å². The number of carbonyl (C=O) groups is 2. The van der Waals surface area contributed by atoms with E-state index in [-0.39, 0.29) is 0 Å². The number of nitrogens with one attached hydrogen (secondary N) is 1. The maximum absolute atomic E-state index is 11.0. The largest absolute Gasteiger partial charge is 0.442 e. The van der Waals surface area contributed by atoms with Gasteiger partial charge in [-0.1, -0.05) is 13.3 Å². The number of unbranched alkanes of at least 4 members (excludes halogenated alkanes) is 1. The van der Waals surface area contributed by atoms with E-state index in [4.69, 9.17) is 4.74 Å². The Bertz CT molecular complexity index is 220. The van der Waals surface area contributed by atoms with E-state index in [1.807, 2.05) is 12.4 Å². The zero-order chi connectivity index (χ0) is 11.9. The molecule has 0 saturated heterocycles. The highest BCUT2D eigenvalue weighted by molar-refractivity contribution is 5.73. The third-order valence-corrected chi connectivity index (χ3v) is 1.38. The lowest BCUT2D eigenvalue weighted by Crippen LogP contribution is -2.34. The van der Waals surface area contributed by atoms with Crippen molar-refractivity contribution in [1.82, 2.24) is 5.48 Å². The summed E-state index contributed by atoms with van der Waals surface area (Å²) in [4.78, 5) is 26.5. The van der Waals surface area contributed by atoms with E-state index in [1.165, 1.54) is 0 Å². The lowest BCUT2D eigenvalue weighted by atomic mass is 10.2. The van der Waals surface area contributed by atoms with Crippen LogP contribution in [0.4, 0.5) is 4.79 Å². The van der Waals surface area contributed by atoms with Crippen molar-refractivity contribution in [2.75, 3.05) is 0 Å². The van der Waals surface area contributed by atoms with Crippen molar-refractivity contribution in [2.24, 2.45) is 0 Å². The summed E-state index contributed by atoms with van der Waals surface area (Å²) in [7, 11) is 0. The second-order valence-corrected chi connectivity index (χ2v) is 4.18. The van der Waals surface area contributed by atoms with Crippen LogP contribution in [0.2, 0.25) is 0 Å². The standard InChI is InChI=1S/C10H19NO4/c1-5-6-7-8(12)15-11-9(13)14-10(2,3)4/h5-7H2,1-4H3,(H,11,13). The van der Waals surface area contributed by atoms with Crippen LogP contribution in [0, 0.1) is 0 Å². The molecule has 1 N–H and O–H groups in total. The van der Waals surface area contributed by atoms with Crippen LogP contribution in [-0.2, 0) is 14.4 Å². The maximum Gasteiger partial charge on any atom is 0.441 e. The van der Waals surface area contributed by atoms with Crippen molar-refractivity contribution in [1.29, 1.82) is 0 Å². The highest BCUT2D eigenvalue weighted by Gasteiger charge is 2.17. The molecular weight excluding hydrogens is 198 g/mol. The Morgan fingerprint density at radius 1 is 1.27 bits per heavy atom. The van der Waals surface area contributed by atoms with Crippen LogP contribution in [0.1, 0.15) is 47.0 Å². The first-order chi connectivity index (χ1) is 6.85. The summed E-state index contributed by atoms with van der Waals surface area (Å²) >= 11 is 0. The van der Waals surface area contributed by atoms with E-state index in [0.29, 0.717) is 6.42 Å². The number of ether oxygens (including phenoxy) is 1. The molecule has 0 fully saturated rings.